The highest BCUT2D eigenvalue weighted by Gasteiger charge is 2.16. The normalized spacial score (nSPS) is 10.3. The van der Waals surface area contributed by atoms with Gasteiger partial charge in [0.2, 0.25) is 0 Å². The summed E-state index contributed by atoms with van der Waals surface area (Å²) in [5, 5.41) is 10.2. The number of pyridine rings is 2. The molecular weight excluding hydrogens is 264 g/mol. The number of nitriles is 1. The van der Waals surface area contributed by atoms with Crippen molar-refractivity contribution >= 4 is 16.9 Å². The van der Waals surface area contributed by atoms with Crippen molar-refractivity contribution in [1.29, 1.82) is 5.26 Å². The van der Waals surface area contributed by atoms with Gasteiger partial charge in [-0.1, -0.05) is 30.3 Å². The van der Waals surface area contributed by atoms with Crippen molar-refractivity contribution in [3.63, 3.8) is 0 Å². The fraction of sp³-hybridized carbons (Fsp3) is 0.0625. The Balaban J connectivity index is 2.46. The predicted molar refractivity (Wildman–Crippen MR) is 80.7 cm³/mol. The predicted octanol–water partition coefficient (Wildman–Crippen LogP) is 2.76. The van der Waals surface area contributed by atoms with E-state index in [0.29, 0.717) is 17.0 Å². The van der Waals surface area contributed by atoms with Crippen molar-refractivity contribution in [2.45, 2.75) is 0 Å². The summed E-state index contributed by atoms with van der Waals surface area (Å²) in [5.74, 6) is 0.789. The first kappa shape index (κ1) is 12.9. The monoisotopic (exact) mass is 276 g/mol. The van der Waals surface area contributed by atoms with Gasteiger partial charge in [-0.15, -0.1) is 0 Å². The molecule has 5 heteroatoms. The van der Waals surface area contributed by atoms with Gasteiger partial charge in [-0.2, -0.15) is 5.26 Å². The number of fused-ring (bicyclic) bond motifs is 1. The number of hydrogen-bond acceptors (Lipinski definition) is 5. The minimum absolute atomic E-state index is 0.182. The van der Waals surface area contributed by atoms with Gasteiger partial charge in [-0.05, 0) is 11.6 Å². The van der Waals surface area contributed by atoms with Gasteiger partial charge in [-0.3, -0.25) is 0 Å². The molecule has 0 bridgehead atoms. The van der Waals surface area contributed by atoms with E-state index in [4.69, 9.17) is 10.5 Å². The fourth-order valence-electron chi connectivity index (χ4n) is 2.27. The van der Waals surface area contributed by atoms with Crippen LogP contribution in [-0.2, 0) is 0 Å². The molecule has 0 radical (unpaired) electrons. The zero-order valence-electron chi connectivity index (χ0n) is 11.4. The third-order valence-electron chi connectivity index (χ3n) is 3.25. The summed E-state index contributed by atoms with van der Waals surface area (Å²) >= 11 is 0. The Morgan fingerprint density at radius 2 is 2.00 bits per heavy atom. The Morgan fingerprint density at radius 1 is 1.24 bits per heavy atom. The van der Waals surface area contributed by atoms with E-state index in [1.807, 2.05) is 36.4 Å². The quantitative estimate of drug-likeness (QED) is 0.777. The molecule has 21 heavy (non-hydrogen) atoms. The molecule has 0 atom stereocenters. The van der Waals surface area contributed by atoms with Crippen LogP contribution >= 0.6 is 0 Å². The number of rotatable bonds is 2. The molecule has 3 rings (SSSR count). The van der Waals surface area contributed by atoms with Gasteiger partial charge in [0.15, 0.2) is 5.65 Å². The third-order valence-corrected chi connectivity index (χ3v) is 3.25. The molecular formula is C16H12N4O. The highest BCUT2D eigenvalue weighted by molar-refractivity contribution is 5.98. The van der Waals surface area contributed by atoms with Gasteiger partial charge in [0.05, 0.1) is 13.3 Å². The van der Waals surface area contributed by atoms with Crippen molar-refractivity contribution in [1.82, 2.24) is 9.97 Å². The van der Waals surface area contributed by atoms with Crippen LogP contribution in [0.1, 0.15) is 5.56 Å². The Labute approximate surface area is 121 Å². The Bertz CT molecular complexity index is 854. The van der Waals surface area contributed by atoms with E-state index in [9.17, 15) is 5.26 Å². The van der Waals surface area contributed by atoms with Gasteiger partial charge in [0.1, 0.15) is 23.2 Å². The molecule has 3 aromatic rings. The van der Waals surface area contributed by atoms with Crippen LogP contribution < -0.4 is 10.5 Å². The summed E-state index contributed by atoms with van der Waals surface area (Å²) in [7, 11) is 1.57. The molecule has 0 aliphatic carbocycles. The summed E-state index contributed by atoms with van der Waals surface area (Å²) in [4.78, 5) is 8.45. The molecule has 0 saturated carbocycles. The minimum atomic E-state index is 0.182. The molecule has 0 unspecified atom stereocenters. The Morgan fingerprint density at radius 3 is 2.67 bits per heavy atom. The highest BCUT2D eigenvalue weighted by atomic mass is 16.5. The molecule has 2 N–H and O–H groups in total. The van der Waals surface area contributed by atoms with Crippen LogP contribution in [-0.4, -0.2) is 17.1 Å². The van der Waals surface area contributed by atoms with Crippen LogP contribution in [0.15, 0.2) is 42.6 Å². The maximum Gasteiger partial charge on any atom is 0.162 e. The maximum absolute atomic E-state index is 9.42. The topological polar surface area (TPSA) is 84.8 Å². The lowest BCUT2D eigenvalue weighted by Crippen LogP contribution is -2.00. The lowest BCUT2D eigenvalue weighted by molar-refractivity contribution is 0.413. The van der Waals surface area contributed by atoms with Crippen molar-refractivity contribution in [2.75, 3.05) is 12.8 Å². The summed E-state index contributed by atoms with van der Waals surface area (Å²) in [6.45, 7) is 0. The van der Waals surface area contributed by atoms with Crippen LogP contribution in [0.3, 0.4) is 0 Å². The second-order valence-electron chi connectivity index (χ2n) is 4.47. The molecule has 5 nitrogen and oxygen atoms in total. The first-order valence-electron chi connectivity index (χ1n) is 6.33. The number of aromatic nitrogens is 2. The van der Waals surface area contributed by atoms with Gasteiger partial charge < -0.3 is 10.5 Å². The van der Waals surface area contributed by atoms with Crippen LogP contribution in [0.5, 0.6) is 5.75 Å². The standard InChI is InChI=1S/C16H12N4O/c1-21-11-7-12-14(10-5-3-2-4-6-10)13(8-17)15(18)20-16(12)19-9-11/h2-7,9H,1H3,(H2,18,19,20). The first-order chi connectivity index (χ1) is 10.2. The maximum atomic E-state index is 9.42. The van der Waals surface area contributed by atoms with E-state index < -0.39 is 0 Å². The number of nitrogens with zero attached hydrogens (tertiary/aromatic N) is 3. The second-order valence-corrected chi connectivity index (χ2v) is 4.47. The number of benzene rings is 1. The molecule has 2 heterocycles. The van der Waals surface area contributed by atoms with E-state index in [0.717, 1.165) is 16.5 Å². The minimum Gasteiger partial charge on any atom is -0.495 e. The van der Waals surface area contributed by atoms with Gasteiger partial charge in [0.25, 0.3) is 0 Å². The fourth-order valence-corrected chi connectivity index (χ4v) is 2.27. The molecule has 0 spiro atoms. The molecule has 0 amide bonds. The van der Waals surface area contributed by atoms with Gasteiger partial charge in [-0.25, -0.2) is 9.97 Å². The lowest BCUT2D eigenvalue weighted by Gasteiger charge is -2.11. The van der Waals surface area contributed by atoms with E-state index in [2.05, 4.69) is 16.0 Å². The number of methoxy groups -OCH3 is 1. The van der Waals surface area contributed by atoms with Crippen molar-refractivity contribution in [3.05, 3.63) is 48.2 Å². The average molecular weight is 276 g/mol. The zero-order valence-corrected chi connectivity index (χ0v) is 11.4. The largest absolute Gasteiger partial charge is 0.495 e. The second kappa shape index (κ2) is 5.10. The number of ether oxygens (including phenoxy) is 1. The van der Waals surface area contributed by atoms with Crippen molar-refractivity contribution in [2.24, 2.45) is 0 Å². The van der Waals surface area contributed by atoms with Crippen molar-refractivity contribution < 1.29 is 4.74 Å². The SMILES string of the molecule is COc1cnc2nc(N)c(C#N)c(-c3ccccc3)c2c1. The van der Waals surface area contributed by atoms with Crippen LogP contribution in [0, 0.1) is 11.3 Å². The van der Waals surface area contributed by atoms with Crippen molar-refractivity contribution in [3.8, 4) is 22.9 Å². The molecule has 0 saturated heterocycles. The van der Waals surface area contributed by atoms with E-state index in [1.165, 1.54) is 0 Å². The molecule has 1 aromatic carbocycles. The Kier molecular flexibility index (Phi) is 3.13. The third kappa shape index (κ3) is 2.13. The summed E-state index contributed by atoms with van der Waals surface area (Å²) in [6.07, 6.45) is 1.58. The van der Waals surface area contributed by atoms with Gasteiger partial charge in [0, 0.05) is 10.9 Å². The molecule has 102 valence electrons. The molecule has 0 fully saturated rings. The van der Waals surface area contributed by atoms with E-state index in [1.54, 1.807) is 13.3 Å². The molecule has 0 aliphatic rings. The number of hydrogen-bond donors (Lipinski definition) is 1. The van der Waals surface area contributed by atoms with E-state index >= 15 is 0 Å². The molecule has 0 aliphatic heterocycles. The summed E-state index contributed by atoms with van der Waals surface area (Å²) in [6, 6.07) is 13.5. The smallest absolute Gasteiger partial charge is 0.162 e. The Hall–Kier alpha value is -3.13. The summed E-state index contributed by atoms with van der Waals surface area (Å²) < 4.78 is 5.21. The first-order valence-corrected chi connectivity index (χ1v) is 6.33. The highest BCUT2D eigenvalue weighted by Crippen LogP contribution is 2.34. The average Bonchev–Trinajstić information content (AvgIpc) is 2.54. The summed E-state index contributed by atoms with van der Waals surface area (Å²) in [5.41, 5.74) is 8.36. The van der Waals surface area contributed by atoms with Crippen LogP contribution in [0.4, 0.5) is 5.82 Å². The molecule has 2 aromatic heterocycles. The lowest BCUT2D eigenvalue weighted by atomic mass is 9.97. The zero-order chi connectivity index (χ0) is 14.8. The van der Waals surface area contributed by atoms with Crippen LogP contribution in [0.25, 0.3) is 22.2 Å². The number of nitrogen functional groups attached to an aromatic ring is 1. The number of anilines is 1. The van der Waals surface area contributed by atoms with E-state index in [-0.39, 0.29) is 5.82 Å². The van der Waals surface area contributed by atoms with Crippen LogP contribution in [0.2, 0.25) is 0 Å². The van der Waals surface area contributed by atoms with Gasteiger partial charge >= 0.3 is 0 Å². The number of nitrogens with two attached hydrogens (primary N) is 1.